The number of likely N-dealkylation sites (tertiary alicyclic amines) is 1. The van der Waals surface area contributed by atoms with Crippen molar-refractivity contribution in [2.24, 2.45) is 5.92 Å². The van der Waals surface area contributed by atoms with Crippen molar-refractivity contribution in [2.75, 3.05) is 30.6 Å². The molecule has 0 aromatic heterocycles. The van der Waals surface area contributed by atoms with E-state index in [0.29, 0.717) is 11.3 Å². The molecule has 5 nitrogen and oxygen atoms in total. The number of Topliss-reactive ketones (excluding diaryl/α,β-unsaturated/α-hetero) is 1. The molecule has 0 atom stereocenters. The fraction of sp³-hybridized carbons (Fsp3) is 0.588. The summed E-state index contributed by atoms with van der Waals surface area (Å²) in [5, 5.41) is 0. The summed E-state index contributed by atoms with van der Waals surface area (Å²) in [5.74, 6) is 0.257. The number of unbranched alkanes of at least 4 members (excludes halogenated alkanes) is 1. The van der Waals surface area contributed by atoms with Crippen molar-refractivity contribution in [1.82, 2.24) is 4.90 Å². The van der Waals surface area contributed by atoms with Gasteiger partial charge in [0.2, 0.25) is 10.0 Å². The summed E-state index contributed by atoms with van der Waals surface area (Å²) < 4.78 is 24.8. The Morgan fingerprint density at radius 3 is 2.35 bits per heavy atom. The molecule has 0 aliphatic carbocycles. The Labute approximate surface area is 139 Å². The molecule has 1 aliphatic heterocycles. The maximum absolute atomic E-state index is 12.6. The summed E-state index contributed by atoms with van der Waals surface area (Å²) in [5.41, 5.74) is 1.15. The number of sulfonamides is 1. The summed E-state index contributed by atoms with van der Waals surface area (Å²) in [7, 11) is -3.29. The maximum Gasteiger partial charge on any atom is 0.229 e. The van der Waals surface area contributed by atoms with Crippen LogP contribution in [0, 0.1) is 5.92 Å². The lowest BCUT2D eigenvalue weighted by molar-refractivity contribution is 0.0839. The number of benzene rings is 1. The molecule has 23 heavy (non-hydrogen) atoms. The number of piperidine rings is 1. The van der Waals surface area contributed by atoms with Crippen molar-refractivity contribution in [2.45, 2.75) is 32.6 Å². The quantitative estimate of drug-likeness (QED) is 0.776. The fourth-order valence-corrected chi connectivity index (χ4v) is 3.52. The van der Waals surface area contributed by atoms with E-state index in [0.717, 1.165) is 38.7 Å². The highest BCUT2D eigenvalue weighted by atomic mass is 32.2. The van der Waals surface area contributed by atoms with Crippen LogP contribution in [0.4, 0.5) is 5.69 Å². The summed E-state index contributed by atoms with van der Waals surface area (Å²) in [6.45, 7) is 5.30. The molecule has 1 fully saturated rings. The minimum Gasteiger partial charge on any atom is -0.303 e. The molecule has 0 radical (unpaired) electrons. The fourth-order valence-electron chi connectivity index (χ4n) is 2.95. The second-order valence-electron chi connectivity index (χ2n) is 6.29. The maximum atomic E-state index is 12.6. The van der Waals surface area contributed by atoms with Gasteiger partial charge in [-0.2, -0.15) is 0 Å². The molecule has 1 aromatic carbocycles. The molecular weight excluding hydrogens is 312 g/mol. The highest BCUT2D eigenvalue weighted by molar-refractivity contribution is 7.92. The van der Waals surface area contributed by atoms with Crippen LogP contribution in [-0.2, 0) is 10.0 Å². The van der Waals surface area contributed by atoms with E-state index in [9.17, 15) is 13.2 Å². The van der Waals surface area contributed by atoms with Gasteiger partial charge in [0.1, 0.15) is 0 Å². The molecule has 1 aliphatic rings. The van der Waals surface area contributed by atoms with Gasteiger partial charge in [-0.1, -0.05) is 13.3 Å². The molecule has 1 aromatic rings. The van der Waals surface area contributed by atoms with Crippen LogP contribution in [-0.4, -0.2) is 45.0 Å². The first-order valence-corrected chi connectivity index (χ1v) is 10.1. The molecule has 1 heterocycles. The molecule has 1 saturated heterocycles. The van der Waals surface area contributed by atoms with Gasteiger partial charge in [-0.3, -0.25) is 9.52 Å². The third kappa shape index (κ3) is 5.62. The van der Waals surface area contributed by atoms with Crippen LogP contribution in [0.15, 0.2) is 24.3 Å². The standard InChI is InChI=1S/C17H26N2O3S/c1-3-4-11-19-12-9-15(10-13-19)17(20)14-5-7-16(8-6-14)18-23(2,21)22/h5-8,15,18H,3-4,9-13H2,1-2H3. The smallest absolute Gasteiger partial charge is 0.229 e. The second kappa shape index (κ2) is 7.93. The van der Waals surface area contributed by atoms with Gasteiger partial charge in [-0.05, 0) is 63.2 Å². The molecule has 0 unspecified atom stereocenters. The van der Waals surface area contributed by atoms with Crippen LogP contribution in [0.25, 0.3) is 0 Å². The van der Waals surface area contributed by atoms with Crippen LogP contribution < -0.4 is 4.72 Å². The highest BCUT2D eigenvalue weighted by Gasteiger charge is 2.25. The van der Waals surface area contributed by atoms with E-state index < -0.39 is 10.0 Å². The van der Waals surface area contributed by atoms with Crippen molar-refractivity contribution >= 4 is 21.5 Å². The lowest BCUT2D eigenvalue weighted by Crippen LogP contribution is -2.36. The highest BCUT2D eigenvalue weighted by Crippen LogP contribution is 2.23. The lowest BCUT2D eigenvalue weighted by atomic mass is 9.89. The molecule has 1 N–H and O–H groups in total. The monoisotopic (exact) mass is 338 g/mol. The van der Waals surface area contributed by atoms with E-state index >= 15 is 0 Å². The third-order valence-electron chi connectivity index (χ3n) is 4.26. The Morgan fingerprint density at radius 1 is 1.22 bits per heavy atom. The lowest BCUT2D eigenvalue weighted by Gasteiger charge is -2.31. The summed E-state index contributed by atoms with van der Waals surface area (Å²) in [4.78, 5) is 15.0. The molecule has 0 bridgehead atoms. The molecule has 2 rings (SSSR count). The molecule has 0 saturated carbocycles. The topological polar surface area (TPSA) is 66.5 Å². The number of anilines is 1. The largest absolute Gasteiger partial charge is 0.303 e. The van der Waals surface area contributed by atoms with Crippen molar-refractivity contribution < 1.29 is 13.2 Å². The second-order valence-corrected chi connectivity index (χ2v) is 8.03. The number of hydrogen-bond acceptors (Lipinski definition) is 4. The van der Waals surface area contributed by atoms with E-state index in [4.69, 9.17) is 0 Å². The van der Waals surface area contributed by atoms with Crippen molar-refractivity contribution in [3.05, 3.63) is 29.8 Å². The Bertz CT molecular complexity index is 618. The molecule has 6 heteroatoms. The van der Waals surface area contributed by atoms with Gasteiger partial charge in [-0.15, -0.1) is 0 Å². The number of carbonyl (C=O) groups excluding carboxylic acids is 1. The zero-order valence-corrected chi connectivity index (χ0v) is 14.7. The minimum atomic E-state index is -3.29. The molecule has 0 spiro atoms. The van der Waals surface area contributed by atoms with Crippen LogP contribution in [0.2, 0.25) is 0 Å². The van der Waals surface area contributed by atoms with Gasteiger partial charge in [-0.25, -0.2) is 8.42 Å². The first kappa shape index (κ1) is 17.9. The average Bonchev–Trinajstić information content (AvgIpc) is 2.52. The van der Waals surface area contributed by atoms with E-state index in [1.165, 1.54) is 12.8 Å². The first-order chi connectivity index (χ1) is 10.9. The normalized spacial score (nSPS) is 17.1. The van der Waals surface area contributed by atoms with Gasteiger partial charge in [0.25, 0.3) is 0 Å². The Balaban J connectivity index is 1.91. The third-order valence-corrected chi connectivity index (χ3v) is 4.87. The van der Waals surface area contributed by atoms with Gasteiger partial charge >= 0.3 is 0 Å². The molecular formula is C17H26N2O3S. The van der Waals surface area contributed by atoms with Crippen molar-refractivity contribution in [1.29, 1.82) is 0 Å². The van der Waals surface area contributed by atoms with E-state index in [1.807, 2.05) is 0 Å². The summed E-state index contributed by atoms with van der Waals surface area (Å²) in [6, 6.07) is 6.70. The predicted molar refractivity (Wildman–Crippen MR) is 93.3 cm³/mol. The predicted octanol–water partition coefficient (Wildman–Crippen LogP) is 2.75. The van der Waals surface area contributed by atoms with Crippen molar-refractivity contribution in [3.63, 3.8) is 0 Å². The number of carbonyl (C=O) groups is 1. The van der Waals surface area contributed by atoms with Gasteiger partial charge in [0.05, 0.1) is 6.26 Å². The van der Waals surface area contributed by atoms with Gasteiger partial charge < -0.3 is 4.90 Å². The Hall–Kier alpha value is -1.40. The minimum absolute atomic E-state index is 0.0848. The van der Waals surface area contributed by atoms with Crippen LogP contribution >= 0.6 is 0 Å². The van der Waals surface area contributed by atoms with Gasteiger partial charge in [0.15, 0.2) is 5.78 Å². The van der Waals surface area contributed by atoms with Crippen molar-refractivity contribution in [3.8, 4) is 0 Å². The van der Waals surface area contributed by atoms with Gasteiger partial charge in [0, 0.05) is 17.2 Å². The van der Waals surface area contributed by atoms with Crippen LogP contribution in [0.3, 0.4) is 0 Å². The van der Waals surface area contributed by atoms with E-state index in [1.54, 1.807) is 24.3 Å². The number of nitrogens with one attached hydrogen (secondary N) is 1. The number of hydrogen-bond donors (Lipinski definition) is 1. The molecule has 128 valence electrons. The zero-order chi connectivity index (χ0) is 16.9. The summed E-state index contributed by atoms with van der Waals surface area (Å²) >= 11 is 0. The molecule has 0 amide bonds. The summed E-state index contributed by atoms with van der Waals surface area (Å²) in [6.07, 6.45) is 5.34. The number of rotatable bonds is 7. The number of nitrogens with zero attached hydrogens (tertiary/aromatic N) is 1. The van der Waals surface area contributed by atoms with E-state index in [2.05, 4.69) is 16.5 Å². The van der Waals surface area contributed by atoms with E-state index in [-0.39, 0.29) is 11.7 Å². The number of ketones is 1. The van der Waals surface area contributed by atoms with Crippen LogP contribution in [0.1, 0.15) is 43.0 Å². The SMILES string of the molecule is CCCCN1CCC(C(=O)c2ccc(NS(C)(=O)=O)cc2)CC1. The Kier molecular flexibility index (Phi) is 6.18. The Morgan fingerprint density at radius 2 is 1.83 bits per heavy atom. The average molecular weight is 338 g/mol. The van der Waals surface area contributed by atoms with Crippen LogP contribution in [0.5, 0.6) is 0 Å². The zero-order valence-electron chi connectivity index (χ0n) is 13.9. The first-order valence-electron chi connectivity index (χ1n) is 8.23.